The van der Waals surface area contributed by atoms with Crippen molar-refractivity contribution in [3.05, 3.63) is 60.3 Å². The summed E-state index contributed by atoms with van der Waals surface area (Å²) in [5.41, 5.74) is 1.36. The third-order valence-corrected chi connectivity index (χ3v) is 4.67. The van der Waals surface area contributed by atoms with Gasteiger partial charge in [0.2, 0.25) is 10.0 Å². The van der Waals surface area contributed by atoms with E-state index < -0.39 is 10.0 Å². The predicted molar refractivity (Wildman–Crippen MR) is 94.8 cm³/mol. The molecule has 2 aromatic carbocycles. The monoisotopic (exact) mass is 359 g/mol. The minimum absolute atomic E-state index is 0.193. The van der Waals surface area contributed by atoms with Crippen LogP contribution in [-0.2, 0) is 15.8 Å². The lowest BCUT2D eigenvalue weighted by Gasteiger charge is -2.10. The molecule has 0 saturated heterocycles. The number of nitrogens with one attached hydrogen (secondary N) is 1. The van der Waals surface area contributed by atoms with Gasteiger partial charge in [0.15, 0.2) is 0 Å². The van der Waals surface area contributed by atoms with E-state index in [1.165, 1.54) is 0 Å². The van der Waals surface area contributed by atoms with Crippen LogP contribution < -0.4 is 20.1 Å². The minimum Gasteiger partial charge on any atom is -0.497 e. The van der Waals surface area contributed by atoms with Gasteiger partial charge in [-0.25, -0.2) is 8.42 Å². The first-order valence-corrected chi connectivity index (χ1v) is 9.05. The summed E-state index contributed by atoms with van der Waals surface area (Å²) in [6.07, 6.45) is 1.66. The molecule has 0 spiro atoms. The number of sulfonamides is 1. The molecule has 0 saturated carbocycles. The maximum atomic E-state index is 11.5. The highest BCUT2D eigenvalue weighted by atomic mass is 32.2. The van der Waals surface area contributed by atoms with Crippen molar-refractivity contribution >= 4 is 20.9 Å². The lowest BCUT2D eigenvalue weighted by molar-refractivity contribution is 0.415. The number of hydrazine groups is 1. The maximum absolute atomic E-state index is 11.5. The number of nitrogens with two attached hydrogens (primary N) is 1. The van der Waals surface area contributed by atoms with Gasteiger partial charge in [0, 0.05) is 17.6 Å². The van der Waals surface area contributed by atoms with Crippen LogP contribution in [0.4, 0.5) is 0 Å². The molecule has 0 bridgehead atoms. The van der Waals surface area contributed by atoms with Crippen molar-refractivity contribution < 1.29 is 17.9 Å². The molecule has 8 heteroatoms. The molecule has 3 rings (SSSR count). The number of nitrogens with zero attached hydrogens (tertiary/aromatic N) is 1. The first kappa shape index (κ1) is 17.2. The quantitative estimate of drug-likeness (QED) is 0.517. The second kappa shape index (κ2) is 7.06. The first-order valence-electron chi connectivity index (χ1n) is 7.40. The van der Waals surface area contributed by atoms with Crippen LogP contribution in [0.1, 0.15) is 5.56 Å². The van der Waals surface area contributed by atoms with Gasteiger partial charge >= 0.3 is 0 Å². The summed E-state index contributed by atoms with van der Waals surface area (Å²) < 4.78 is 34.0. The Morgan fingerprint density at radius 2 is 1.80 bits per heavy atom. The molecule has 3 aromatic rings. The Labute approximate surface area is 145 Å². The van der Waals surface area contributed by atoms with Crippen LogP contribution in [0.25, 0.3) is 10.9 Å². The van der Waals surface area contributed by atoms with Gasteiger partial charge in [0.25, 0.3) is 0 Å². The lowest BCUT2D eigenvalue weighted by atomic mass is 10.2. The van der Waals surface area contributed by atoms with Crippen LogP contribution in [0.5, 0.6) is 17.2 Å². The Morgan fingerprint density at radius 1 is 1.08 bits per heavy atom. The van der Waals surface area contributed by atoms with E-state index in [9.17, 15) is 8.42 Å². The molecular weight excluding hydrogens is 342 g/mol. The number of rotatable bonds is 6. The second-order valence-corrected chi connectivity index (χ2v) is 7.07. The van der Waals surface area contributed by atoms with E-state index in [0.29, 0.717) is 17.1 Å². The van der Waals surface area contributed by atoms with Crippen molar-refractivity contribution in [2.75, 3.05) is 7.11 Å². The fraction of sp³-hybridized carbons (Fsp3) is 0.118. The molecule has 25 heavy (non-hydrogen) atoms. The van der Waals surface area contributed by atoms with Crippen LogP contribution >= 0.6 is 0 Å². The van der Waals surface area contributed by atoms with Crippen molar-refractivity contribution in [3.8, 4) is 17.2 Å². The zero-order valence-electron chi connectivity index (χ0n) is 13.5. The molecule has 0 aliphatic rings. The topological polar surface area (TPSA) is 104 Å². The average Bonchev–Trinajstić information content (AvgIpc) is 2.63. The predicted octanol–water partition coefficient (Wildman–Crippen LogP) is 2.33. The molecule has 1 heterocycles. The SMILES string of the molecule is COc1ccc2c(Oc3ccc(CS(=O)(=O)NN)cc3)ccnc2c1. The van der Waals surface area contributed by atoms with E-state index in [2.05, 4.69) is 4.98 Å². The molecule has 3 N–H and O–H groups in total. The highest BCUT2D eigenvalue weighted by molar-refractivity contribution is 7.88. The fourth-order valence-corrected chi connectivity index (χ4v) is 3.07. The first-order chi connectivity index (χ1) is 12.0. The highest BCUT2D eigenvalue weighted by Crippen LogP contribution is 2.30. The summed E-state index contributed by atoms with van der Waals surface area (Å²) in [5.74, 6) is 6.75. The second-order valence-electron chi connectivity index (χ2n) is 5.32. The summed E-state index contributed by atoms with van der Waals surface area (Å²) >= 11 is 0. The van der Waals surface area contributed by atoms with Gasteiger partial charge in [-0.15, -0.1) is 0 Å². The average molecular weight is 359 g/mol. The molecule has 1 aromatic heterocycles. The van der Waals surface area contributed by atoms with Gasteiger partial charge in [0.1, 0.15) is 17.2 Å². The van der Waals surface area contributed by atoms with E-state index in [0.717, 1.165) is 16.7 Å². The number of aromatic nitrogens is 1. The smallest absolute Gasteiger partial charge is 0.228 e. The number of pyridine rings is 1. The number of ether oxygens (including phenoxy) is 2. The van der Waals surface area contributed by atoms with Crippen molar-refractivity contribution in [1.82, 2.24) is 9.82 Å². The normalized spacial score (nSPS) is 11.4. The van der Waals surface area contributed by atoms with Gasteiger partial charge in [-0.2, -0.15) is 4.83 Å². The van der Waals surface area contributed by atoms with Gasteiger partial charge in [-0.3, -0.25) is 10.8 Å². The molecule has 7 nitrogen and oxygen atoms in total. The third kappa shape index (κ3) is 4.05. The van der Waals surface area contributed by atoms with Crippen LogP contribution in [0.3, 0.4) is 0 Å². The summed E-state index contributed by atoms with van der Waals surface area (Å²) in [6, 6.07) is 14.1. The summed E-state index contributed by atoms with van der Waals surface area (Å²) in [7, 11) is -1.91. The van der Waals surface area contributed by atoms with E-state index >= 15 is 0 Å². The van der Waals surface area contributed by atoms with E-state index in [4.69, 9.17) is 15.3 Å². The van der Waals surface area contributed by atoms with E-state index in [1.54, 1.807) is 48.5 Å². The fourth-order valence-electron chi connectivity index (χ4n) is 2.36. The van der Waals surface area contributed by atoms with Crippen molar-refractivity contribution in [2.24, 2.45) is 5.84 Å². The molecule has 0 radical (unpaired) electrons. The molecule has 0 unspecified atom stereocenters. The molecule has 0 fully saturated rings. The Balaban J connectivity index is 1.84. The van der Waals surface area contributed by atoms with Crippen LogP contribution in [0.15, 0.2) is 54.7 Å². The van der Waals surface area contributed by atoms with E-state index in [-0.39, 0.29) is 5.75 Å². The Bertz CT molecular complexity index is 988. The standard InChI is InChI=1S/C17H17N3O4S/c1-23-14-6-7-15-16(10-14)19-9-8-17(15)24-13-4-2-12(3-5-13)11-25(21,22)20-18/h2-10,20H,11,18H2,1H3. The molecule has 0 amide bonds. The highest BCUT2D eigenvalue weighted by Gasteiger charge is 2.10. The Hall–Kier alpha value is -2.68. The number of hydrogen-bond donors (Lipinski definition) is 2. The molecule has 0 atom stereocenters. The largest absolute Gasteiger partial charge is 0.497 e. The van der Waals surface area contributed by atoms with Gasteiger partial charge in [-0.05, 0) is 35.9 Å². The van der Waals surface area contributed by atoms with Gasteiger partial charge in [0.05, 0.1) is 18.4 Å². The lowest BCUT2D eigenvalue weighted by Crippen LogP contribution is -2.31. The zero-order valence-corrected chi connectivity index (χ0v) is 14.3. The van der Waals surface area contributed by atoms with E-state index in [1.807, 2.05) is 18.2 Å². The van der Waals surface area contributed by atoms with Crippen molar-refractivity contribution in [2.45, 2.75) is 5.75 Å². The summed E-state index contributed by atoms with van der Waals surface area (Å²) in [4.78, 5) is 6.11. The molecule has 0 aliphatic heterocycles. The Morgan fingerprint density at radius 3 is 2.48 bits per heavy atom. The number of methoxy groups -OCH3 is 1. The number of hydrogen-bond acceptors (Lipinski definition) is 6. The number of fused-ring (bicyclic) bond motifs is 1. The van der Waals surface area contributed by atoms with Crippen LogP contribution in [0, 0.1) is 0 Å². The Kier molecular flexibility index (Phi) is 4.84. The minimum atomic E-state index is -3.51. The van der Waals surface area contributed by atoms with Gasteiger partial charge in [-0.1, -0.05) is 12.1 Å². The molecule has 130 valence electrons. The van der Waals surface area contributed by atoms with Crippen LogP contribution in [0.2, 0.25) is 0 Å². The summed E-state index contributed by atoms with van der Waals surface area (Å²) in [6.45, 7) is 0. The molecule has 0 aliphatic carbocycles. The summed E-state index contributed by atoms with van der Waals surface area (Å²) in [5, 5.41) is 0.849. The number of benzene rings is 2. The van der Waals surface area contributed by atoms with Crippen LogP contribution in [-0.4, -0.2) is 20.5 Å². The molecular formula is C17H17N3O4S. The van der Waals surface area contributed by atoms with Crippen molar-refractivity contribution in [3.63, 3.8) is 0 Å². The zero-order chi connectivity index (χ0) is 17.9. The third-order valence-electron chi connectivity index (χ3n) is 3.60. The van der Waals surface area contributed by atoms with Crippen molar-refractivity contribution in [1.29, 1.82) is 0 Å². The maximum Gasteiger partial charge on any atom is 0.228 e. The van der Waals surface area contributed by atoms with Gasteiger partial charge < -0.3 is 9.47 Å².